The van der Waals surface area contributed by atoms with Crippen LogP contribution in [0.4, 0.5) is 5.82 Å². The first-order chi connectivity index (χ1) is 17.5. The van der Waals surface area contributed by atoms with Crippen molar-refractivity contribution in [3.63, 3.8) is 0 Å². The minimum Gasteiger partial charge on any atom is -0.387 e. The highest BCUT2D eigenvalue weighted by atomic mass is 16.3. The van der Waals surface area contributed by atoms with Gasteiger partial charge in [-0.2, -0.15) is 0 Å². The molecule has 6 rings (SSSR count). The molecule has 7 heteroatoms. The van der Waals surface area contributed by atoms with Gasteiger partial charge >= 0.3 is 0 Å². The third-order valence-electron chi connectivity index (χ3n) is 8.99. The lowest BCUT2D eigenvalue weighted by molar-refractivity contribution is -0.134. The molecule has 1 N–H and O–H groups in total. The highest BCUT2D eigenvalue weighted by Gasteiger charge is 2.40. The number of carbonyl (C=O) groups excluding carboxylic acids is 1. The fourth-order valence-electron chi connectivity index (χ4n) is 6.83. The molecule has 1 amide bonds. The van der Waals surface area contributed by atoms with Gasteiger partial charge in [0.25, 0.3) is 0 Å². The van der Waals surface area contributed by atoms with E-state index in [0.717, 1.165) is 55.6 Å². The van der Waals surface area contributed by atoms with E-state index in [0.29, 0.717) is 19.5 Å². The van der Waals surface area contributed by atoms with Crippen molar-refractivity contribution in [2.24, 2.45) is 0 Å². The third kappa shape index (κ3) is 4.30. The Kier molecular flexibility index (Phi) is 6.46. The maximum atomic E-state index is 14.1. The molecule has 1 saturated carbocycles. The van der Waals surface area contributed by atoms with Crippen molar-refractivity contribution in [2.75, 3.05) is 44.2 Å². The average Bonchev–Trinajstić information content (AvgIpc) is 3.59. The van der Waals surface area contributed by atoms with Crippen LogP contribution >= 0.6 is 0 Å². The number of rotatable bonds is 6. The van der Waals surface area contributed by atoms with E-state index in [9.17, 15) is 9.90 Å². The highest BCUT2D eigenvalue weighted by Crippen LogP contribution is 2.43. The summed E-state index contributed by atoms with van der Waals surface area (Å²) in [5.74, 6) is 2.08. The van der Waals surface area contributed by atoms with Gasteiger partial charge in [0.15, 0.2) is 0 Å². The average molecular weight is 490 g/mol. The number of fused-ring (bicyclic) bond motifs is 1. The van der Waals surface area contributed by atoms with Gasteiger partial charge in [-0.05, 0) is 68.2 Å². The van der Waals surface area contributed by atoms with Crippen molar-refractivity contribution >= 4 is 11.7 Å². The normalized spacial score (nSPS) is 27.4. The third-order valence-corrected chi connectivity index (χ3v) is 8.99. The van der Waals surface area contributed by atoms with Gasteiger partial charge in [0.2, 0.25) is 5.91 Å². The summed E-state index contributed by atoms with van der Waals surface area (Å²) in [5.41, 5.74) is 4.47. The van der Waals surface area contributed by atoms with Crippen LogP contribution in [0.1, 0.15) is 92.2 Å². The summed E-state index contributed by atoms with van der Waals surface area (Å²) >= 11 is 0. The molecule has 1 aromatic carbocycles. The molecule has 2 unspecified atom stereocenters. The first-order valence-corrected chi connectivity index (χ1v) is 14.0. The summed E-state index contributed by atoms with van der Waals surface area (Å²) in [4.78, 5) is 30.0. The van der Waals surface area contributed by atoms with Crippen LogP contribution in [0, 0.1) is 0 Å². The van der Waals surface area contributed by atoms with Gasteiger partial charge in [-0.1, -0.05) is 38.1 Å². The van der Waals surface area contributed by atoms with Crippen LogP contribution in [0.5, 0.6) is 0 Å². The van der Waals surface area contributed by atoms with Crippen LogP contribution in [0.2, 0.25) is 0 Å². The van der Waals surface area contributed by atoms with E-state index in [1.165, 1.54) is 30.4 Å². The molecule has 0 radical (unpaired) electrons. The first kappa shape index (κ1) is 23.9. The van der Waals surface area contributed by atoms with E-state index in [1.807, 2.05) is 0 Å². The fraction of sp³-hybridized carbons (Fsp3) is 0.621. The number of likely N-dealkylation sites (N-methyl/N-ethyl adjacent to an activating group) is 1. The Morgan fingerprint density at radius 1 is 1.06 bits per heavy atom. The number of anilines is 1. The number of hydrogen-bond acceptors (Lipinski definition) is 6. The Morgan fingerprint density at radius 2 is 1.81 bits per heavy atom. The van der Waals surface area contributed by atoms with Gasteiger partial charge in [-0.3, -0.25) is 9.69 Å². The van der Waals surface area contributed by atoms with E-state index in [1.54, 1.807) is 6.33 Å². The number of piperazine rings is 1. The van der Waals surface area contributed by atoms with E-state index in [-0.39, 0.29) is 23.8 Å². The standard InChI is InChI=1S/C29H39N5O2/c1-3-32-12-4-5-23(32)26(22-10-8-21(9-11-22)20-6-7-20)29(36)34-15-13-33(14-16-34)28-25-19(2)17-24(35)27(25)30-18-31-28/h8-11,18-20,23-24,26,35H,3-7,12-17H2,1-2H3/t19-,23?,24-,26?/m1/s1. The molecular weight excluding hydrogens is 450 g/mol. The molecule has 3 heterocycles. The van der Waals surface area contributed by atoms with Gasteiger partial charge in [-0.15, -0.1) is 0 Å². The molecule has 2 saturated heterocycles. The number of benzene rings is 1. The molecule has 2 aliphatic carbocycles. The molecule has 3 fully saturated rings. The van der Waals surface area contributed by atoms with Crippen molar-refractivity contribution < 1.29 is 9.90 Å². The van der Waals surface area contributed by atoms with Gasteiger partial charge in [0.1, 0.15) is 12.1 Å². The molecule has 4 aliphatic rings. The van der Waals surface area contributed by atoms with Crippen LogP contribution in [0.25, 0.3) is 0 Å². The molecule has 36 heavy (non-hydrogen) atoms. The lowest BCUT2D eigenvalue weighted by Gasteiger charge is -2.40. The van der Waals surface area contributed by atoms with Gasteiger partial charge in [-0.25, -0.2) is 9.97 Å². The molecule has 2 aromatic rings. The number of nitrogens with zero attached hydrogens (tertiary/aromatic N) is 5. The Labute approximate surface area is 214 Å². The number of aliphatic hydroxyl groups excluding tert-OH is 1. The maximum Gasteiger partial charge on any atom is 0.231 e. The van der Waals surface area contributed by atoms with E-state index >= 15 is 0 Å². The Bertz CT molecular complexity index is 1090. The minimum atomic E-state index is -0.500. The van der Waals surface area contributed by atoms with Crippen molar-refractivity contribution in [3.8, 4) is 0 Å². The topological polar surface area (TPSA) is 72.8 Å². The number of carbonyl (C=O) groups is 1. The number of aromatic nitrogens is 2. The van der Waals surface area contributed by atoms with Crippen LogP contribution in [-0.4, -0.2) is 76.1 Å². The fourth-order valence-corrected chi connectivity index (χ4v) is 6.83. The summed E-state index contributed by atoms with van der Waals surface area (Å²) in [6.07, 6.45) is 6.63. The lowest BCUT2D eigenvalue weighted by Crippen LogP contribution is -2.52. The van der Waals surface area contributed by atoms with Crippen LogP contribution in [0.15, 0.2) is 30.6 Å². The molecular formula is C29H39N5O2. The quantitative estimate of drug-likeness (QED) is 0.665. The van der Waals surface area contributed by atoms with Gasteiger partial charge in [0.05, 0.1) is 17.7 Å². The lowest BCUT2D eigenvalue weighted by atomic mass is 9.87. The number of hydrogen-bond donors (Lipinski definition) is 1. The molecule has 4 atom stereocenters. The Balaban J connectivity index is 1.21. The van der Waals surface area contributed by atoms with Gasteiger partial charge in [0, 0.05) is 37.8 Å². The summed E-state index contributed by atoms with van der Waals surface area (Å²) < 4.78 is 0. The Hall–Kier alpha value is -2.51. The second-order valence-corrected chi connectivity index (χ2v) is 11.2. The summed E-state index contributed by atoms with van der Waals surface area (Å²) in [6.45, 7) is 9.34. The monoisotopic (exact) mass is 489 g/mol. The highest BCUT2D eigenvalue weighted by molar-refractivity contribution is 5.85. The number of amides is 1. The predicted octanol–water partition coefficient (Wildman–Crippen LogP) is 3.81. The van der Waals surface area contributed by atoms with Crippen molar-refractivity contribution in [2.45, 2.75) is 75.9 Å². The number of aliphatic hydroxyl groups is 1. The van der Waals surface area contributed by atoms with E-state index in [2.05, 4.69) is 62.8 Å². The molecule has 1 aromatic heterocycles. The Morgan fingerprint density at radius 3 is 2.50 bits per heavy atom. The largest absolute Gasteiger partial charge is 0.387 e. The van der Waals surface area contributed by atoms with Crippen LogP contribution in [0.3, 0.4) is 0 Å². The smallest absolute Gasteiger partial charge is 0.231 e. The van der Waals surface area contributed by atoms with Crippen molar-refractivity contribution in [1.82, 2.24) is 19.8 Å². The summed E-state index contributed by atoms with van der Waals surface area (Å²) in [7, 11) is 0. The summed E-state index contributed by atoms with van der Waals surface area (Å²) in [5, 5.41) is 10.4. The van der Waals surface area contributed by atoms with Crippen LogP contribution in [-0.2, 0) is 4.79 Å². The molecule has 2 aliphatic heterocycles. The second kappa shape index (κ2) is 9.75. The SMILES string of the molecule is CCN1CCCC1C(C(=O)N1CCN(c2ncnc3c2[C@H](C)C[C@H]3O)CC1)c1ccc(C2CC2)cc1. The molecule has 0 bridgehead atoms. The zero-order valence-electron chi connectivity index (χ0n) is 21.6. The van der Waals surface area contributed by atoms with E-state index in [4.69, 9.17) is 0 Å². The minimum absolute atomic E-state index is 0.106. The molecule has 0 spiro atoms. The molecule has 7 nitrogen and oxygen atoms in total. The van der Waals surface area contributed by atoms with Crippen LogP contribution < -0.4 is 4.90 Å². The van der Waals surface area contributed by atoms with Crippen molar-refractivity contribution in [1.29, 1.82) is 0 Å². The zero-order valence-corrected chi connectivity index (χ0v) is 21.6. The maximum absolute atomic E-state index is 14.1. The van der Waals surface area contributed by atoms with E-state index < -0.39 is 6.10 Å². The first-order valence-electron chi connectivity index (χ1n) is 14.0. The second-order valence-electron chi connectivity index (χ2n) is 11.2. The predicted molar refractivity (Wildman–Crippen MR) is 140 cm³/mol. The number of likely N-dealkylation sites (tertiary alicyclic amines) is 1. The van der Waals surface area contributed by atoms with Crippen molar-refractivity contribution in [3.05, 3.63) is 53.0 Å². The zero-order chi connectivity index (χ0) is 24.8. The van der Waals surface area contributed by atoms with Gasteiger partial charge < -0.3 is 14.9 Å². The summed E-state index contributed by atoms with van der Waals surface area (Å²) in [6, 6.07) is 9.27. The molecule has 192 valence electrons.